The molecule has 2 nitrogen and oxygen atoms in total. The Morgan fingerprint density at radius 3 is 2.28 bits per heavy atom. The summed E-state index contributed by atoms with van der Waals surface area (Å²) in [5.41, 5.74) is 0.311. The molecule has 104 valence electrons. The molecule has 0 aromatic heterocycles. The highest BCUT2D eigenvalue weighted by molar-refractivity contribution is 5.07. The van der Waals surface area contributed by atoms with Gasteiger partial charge in [-0.05, 0) is 38.9 Å². The van der Waals surface area contributed by atoms with Gasteiger partial charge in [-0.25, -0.2) is 0 Å². The predicted octanol–water partition coefficient (Wildman–Crippen LogP) is 3.03. The smallest absolute Gasteiger partial charge is 0.0371 e. The molecule has 0 aliphatic heterocycles. The zero-order valence-electron chi connectivity index (χ0n) is 12.5. The van der Waals surface area contributed by atoms with Crippen molar-refractivity contribution in [3.8, 4) is 12.3 Å². The van der Waals surface area contributed by atoms with Crippen molar-refractivity contribution >= 4 is 0 Å². The second kappa shape index (κ2) is 7.81. The fourth-order valence-electron chi connectivity index (χ4n) is 3.61. The van der Waals surface area contributed by atoms with Crippen LogP contribution in [-0.2, 0) is 0 Å². The SMILES string of the molecule is C#CCC(NCCC)C1(N(CC)CC)CCCC1. The maximum atomic E-state index is 5.60. The normalized spacial score (nSPS) is 19.9. The average molecular weight is 250 g/mol. The van der Waals surface area contributed by atoms with Gasteiger partial charge in [0, 0.05) is 18.0 Å². The summed E-state index contributed by atoms with van der Waals surface area (Å²) in [7, 11) is 0. The minimum absolute atomic E-state index is 0.311. The number of nitrogens with one attached hydrogen (secondary N) is 1. The lowest BCUT2D eigenvalue weighted by atomic mass is 9.84. The molecule has 0 amide bonds. The van der Waals surface area contributed by atoms with Crippen LogP contribution in [0, 0.1) is 12.3 Å². The van der Waals surface area contributed by atoms with Crippen LogP contribution >= 0.6 is 0 Å². The molecule has 1 saturated carbocycles. The monoisotopic (exact) mass is 250 g/mol. The number of hydrogen-bond donors (Lipinski definition) is 1. The van der Waals surface area contributed by atoms with Crippen LogP contribution in [0.3, 0.4) is 0 Å². The summed E-state index contributed by atoms with van der Waals surface area (Å²) in [5.74, 6) is 2.89. The van der Waals surface area contributed by atoms with Gasteiger partial charge in [-0.15, -0.1) is 12.3 Å². The third-order valence-electron chi connectivity index (χ3n) is 4.47. The molecule has 1 N–H and O–H groups in total. The van der Waals surface area contributed by atoms with Gasteiger partial charge in [0.25, 0.3) is 0 Å². The van der Waals surface area contributed by atoms with Crippen LogP contribution in [0.1, 0.15) is 59.3 Å². The highest BCUT2D eigenvalue weighted by Gasteiger charge is 2.44. The molecule has 2 heteroatoms. The number of rotatable bonds is 8. The predicted molar refractivity (Wildman–Crippen MR) is 79.7 cm³/mol. The van der Waals surface area contributed by atoms with Crippen molar-refractivity contribution in [3.05, 3.63) is 0 Å². The lowest BCUT2D eigenvalue weighted by molar-refractivity contribution is 0.0647. The van der Waals surface area contributed by atoms with Crippen molar-refractivity contribution in [2.75, 3.05) is 19.6 Å². The molecule has 0 spiro atoms. The highest BCUT2D eigenvalue weighted by Crippen LogP contribution is 2.39. The largest absolute Gasteiger partial charge is 0.311 e. The van der Waals surface area contributed by atoms with Gasteiger partial charge in [0.05, 0.1) is 0 Å². The van der Waals surface area contributed by atoms with E-state index in [-0.39, 0.29) is 0 Å². The Bertz CT molecular complexity index is 257. The zero-order valence-corrected chi connectivity index (χ0v) is 12.5. The number of likely N-dealkylation sites (N-methyl/N-ethyl adjacent to an activating group) is 1. The lowest BCUT2D eigenvalue weighted by Crippen LogP contribution is -2.59. The minimum atomic E-state index is 0.311. The van der Waals surface area contributed by atoms with Crippen LogP contribution in [0.25, 0.3) is 0 Å². The van der Waals surface area contributed by atoms with Crippen LogP contribution in [0.4, 0.5) is 0 Å². The first kappa shape index (κ1) is 15.5. The van der Waals surface area contributed by atoms with Crippen molar-refractivity contribution in [1.29, 1.82) is 0 Å². The first-order valence-electron chi connectivity index (χ1n) is 7.67. The average Bonchev–Trinajstić information content (AvgIpc) is 2.86. The van der Waals surface area contributed by atoms with Gasteiger partial charge in [-0.2, -0.15) is 0 Å². The Labute approximate surface area is 114 Å². The first-order valence-corrected chi connectivity index (χ1v) is 7.67. The zero-order chi connectivity index (χ0) is 13.4. The summed E-state index contributed by atoms with van der Waals surface area (Å²) >= 11 is 0. The molecule has 1 aliphatic rings. The molecule has 0 bridgehead atoms. The van der Waals surface area contributed by atoms with E-state index in [2.05, 4.69) is 36.9 Å². The number of hydrogen-bond acceptors (Lipinski definition) is 2. The molecule has 0 aromatic carbocycles. The molecule has 0 saturated heterocycles. The van der Waals surface area contributed by atoms with Gasteiger partial charge in [0.2, 0.25) is 0 Å². The minimum Gasteiger partial charge on any atom is -0.311 e. The van der Waals surface area contributed by atoms with Gasteiger partial charge in [0.15, 0.2) is 0 Å². The molecule has 1 aliphatic carbocycles. The summed E-state index contributed by atoms with van der Waals surface area (Å²) in [6.07, 6.45) is 12.9. The Morgan fingerprint density at radius 2 is 1.83 bits per heavy atom. The van der Waals surface area contributed by atoms with Crippen molar-refractivity contribution in [3.63, 3.8) is 0 Å². The molecule has 0 heterocycles. The van der Waals surface area contributed by atoms with E-state index < -0.39 is 0 Å². The third kappa shape index (κ3) is 3.28. The summed E-state index contributed by atoms with van der Waals surface area (Å²) in [5, 5.41) is 3.72. The fourth-order valence-corrected chi connectivity index (χ4v) is 3.61. The summed E-state index contributed by atoms with van der Waals surface area (Å²) in [4.78, 5) is 2.64. The Morgan fingerprint density at radius 1 is 1.22 bits per heavy atom. The van der Waals surface area contributed by atoms with Crippen LogP contribution in [-0.4, -0.2) is 36.1 Å². The molecule has 0 radical (unpaired) electrons. The second-order valence-electron chi connectivity index (χ2n) is 5.40. The number of nitrogens with zero attached hydrogens (tertiary/aromatic N) is 1. The molecule has 0 aromatic rings. The maximum absolute atomic E-state index is 5.60. The highest BCUT2D eigenvalue weighted by atomic mass is 15.2. The van der Waals surface area contributed by atoms with Crippen molar-refractivity contribution in [1.82, 2.24) is 10.2 Å². The molecule has 18 heavy (non-hydrogen) atoms. The molecular weight excluding hydrogens is 220 g/mol. The van der Waals surface area contributed by atoms with Crippen molar-refractivity contribution in [2.45, 2.75) is 70.9 Å². The third-order valence-corrected chi connectivity index (χ3v) is 4.47. The second-order valence-corrected chi connectivity index (χ2v) is 5.40. The van der Waals surface area contributed by atoms with E-state index in [1.165, 1.54) is 32.1 Å². The van der Waals surface area contributed by atoms with E-state index in [0.717, 1.165) is 26.1 Å². The van der Waals surface area contributed by atoms with E-state index in [0.29, 0.717) is 11.6 Å². The van der Waals surface area contributed by atoms with E-state index in [1.807, 2.05) is 0 Å². The maximum Gasteiger partial charge on any atom is 0.0371 e. The van der Waals surface area contributed by atoms with Gasteiger partial charge < -0.3 is 5.32 Å². The molecule has 1 unspecified atom stereocenters. The summed E-state index contributed by atoms with van der Waals surface area (Å²) in [6.45, 7) is 10.1. The standard InChI is InChI=1S/C16H30N2/c1-5-11-15(17-14-6-2)16(12-9-10-13-16)18(7-3)8-4/h1,15,17H,6-14H2,2-4H3. The van der Waals surface area contributed by atoms with Crippen molar-refractivity contribution < 1.29 is 0 Å². The van der Waals surface area contributed by atoms with E-state index in [9.17, 15) is 0 Å². The fraction of sp³-hybridized carbons (Fsp3) is 0.875. The molecular formula is C16H30N2. The van der Waals surface area contributed by atoms with E-state index in [4.69, 9.17) is 6.42 Å². The van der Waals surface area contributed by atoms with Gasteiger partial charge >= 0.3 is 0 Å². The molecule has 1 rings (SSSR count). The summed E-state index contributed by atoms with van der Waals surface area (Å²) < 4.78 is 0. The Hall–Kier alpha value is -0.520. The van der Waals surface area contributed by atoms with Gasteiger partial charge in [0.1, 0.15) is 0 Å². The number of terminal acetylenes is 1. The van der Waals surface area contributed by atoms with Crippen LogP contribution < -0.4 is 5.32 Å². The molecule has 1 fully saturated rings. The Balaban J connectivity index is 2.87. The summed E-state index contributed by atoms with van der Waals surface area (Å²) in [6, 6.07) is 0.463. The quantitative estimate of drug-likeness (QED) is 0.666. The van der Waals surface area contributed by atoms with Gasteiger partial charge in [-0.3, -0.25) is 4.90 Å². The topological polar surface area (TPSA) is 15.3 Å². The first-order chi connectivity index (χ1) is 8.75. The Kier molecular flexibility index (Phi) is 6.75. The van der Waals surface area contributed by atoms with Crippen LogP contribution in [0.5, 0.6) is 0 Å². The van der Waals surface area contributed by atoms with E-state index in [1.54, 1.807) is 0 Å². The van der Waals surface area contributed by atoms with E-state index >= 15 is 0 Å². The molecule has 1 atom stereocenters. The van der Waals surface area contributed by atoms with Crippen molar-refractivity contribution in [2.24, 2.45) is 0 Å². The van der Waals surface area contributed by atoms with Gasteiger partial charge in [-0.1, -0.05) is 33.6 Å². The van der Waals surface area contributed by atoms with Crippen LogP contribution in [0.2, 0.25) is 0 Å². The van der Waals surface area contributed by atoms with Crippen LogP contribution in [0.15, 0.2) is 0 Å². The lowest BCUT2D eigenvalue weighted by Gasteiger charge is -2.46.